The van der Waals surface area contributed by atoms with Gasteiger partial charge in [0, 0.05) is 41.6 Å². The highest BCUT2D eigenvalue weighted by atomic mass is 35.5. The van der Waals surface area contributed by atoms with Gasteiger partial charge in [0.05, 0.1) is 6.20 Å². The van der Waals surface area contributed by atoms with Gasteiger partial charge in [-0.25, -0.2) is 0 Å². The van der Waals surface area contributed by atoms with Crippen molar-refractivity contribution in [2.75, 3.05) is 12.8 Å². The topological polar surface area (TPSA) is 75.0 Å². The number of halogens is 1. The highest BCUT2D eigenvalue weighted by Crippen LogP contribution is 2.18. The van der Waals surface area contributed by atoms with Crippen LogP contribution in [-0.4, -0.2) is 28.1 Å². The van der Waals surface area contributed by atoms with Gasteiger partial charge in [0.15, 0.2) is 0 Å². The minimum absolute atomic E-state index is 0.134. The number of nitrogens with one attached hydrogen (secondary N) is 1. The number of nitrogens with zero attached hydrogens (tertiary/aromatic N) is 2. The Morgan fingerprint density at radius 3 is 2.89 bits per heavy atom. The average Bonchev–Trinajstić information content (AvgIpc) is 2.79. The van der Waals surface area contributed by atoms with Crippen LogP contribution in [0.2, 0.25) is 5.02 Å². The van der Waals surface area contributed by atoms with Crippen molar-refractivity contribution in [1.29, 1.82) is 0 Å². The Hall–Kier alpha value is -2.01. The standard InChI is InChI=1S/C12H13ClN4O/c1-17(7-8-5-15-16-6-8)12(18)9-2-10(13)4-11(14)3-9/h2-6H,7,14H2,1H3,(H,15,16). The Labute approximate surface area is 110 Å². The predicted molar refractivity (Wildman–Crippen MR) is 70.2 cm³/mol. The third-order valence-electron chi connectivity index (χ3n) is 2.49. The minimum Gasteiger partial charge on any atom is -0.399 e. The smallest absolute Gasteiger partial charge is 0.254 e. The number of nitrogens with two attached hydrogens (primary N) is 1. The molecule has 3 N–H and O–H groups in total. The molecule has 1 heterocycles. The molecule has 2 rings (SSSR count). The molecule has 0 aliphatic carbocycles. The fraction of sp³-hybridized carbons (Fsp3) is 0.167. The maximum Gasteiger partial charge on any atom is 0.254 e. The van der Waals surface area contributed by atoms with Gasteiger partial charge in [0.25, 0.3) is 5.91 Å². The second-order valence-electron chi connectivity index (χ2n) is 4.04. The molecule has 5 nitrogen and oxygen atoms in total. The van der Waals surface area contributed by atoms with Crippen molar-refractivity contribution < 1.29 is 4.79 Å². The molecule has 94 valence electrons. The Bertz CT molecular complexity index is 533. The number of H-pyrrole nitrogens is 1. The van der Waals surface area contributed by atoms with Crippen LogP contribution in [0, 0.1) is 0 Å². The Morgan fingerprint density at radius 2 is 2.28 bits per heavy atom. The number of aromatic nitrogens is 2. The maximum absolute atomic E-state index is 12.2. The van der Waals surface area contributed by atoms with Crippen molar-refractivity contribution in [3.8, 4) is 0 Å². The van der Waals surface area contributed by atoms with Crippen molar-refractivity contribution in [1.82, 2.24) is 15.1 Å². The summed E-state index contributed by atoms with van der Waals surface area (Å²) in [6.07, 6.45) is 3.42. The van der Waals surface area contributed by atoms with Crippen molar-refractivity contribution in [3.63, 3.8) is 0 Å². The van der Waals surface area contributed by atoms with Gasteiger partial charge < -0.3 is 10.6 Å². The van der Waals surface area contributed by atoms with Crippen LogP contribution in [-0.2, 0) is 6.54 Å². The summed E-state index contributed by atoms with van der Waals surface area (Å²) >= 11 is 5.88. The zero-order valence-electron chi connectivity index (χ0n) is 9.85. The quantitative estimate of drug-likeness (QED) is 0.832. The first-order valence-electron chi connectivity index (χ1n) is 5.35. The molecule has 1 amide bonds. The van der Waals surface area contributed by atoms with Crippen LogP contribution in [0.3, 0.4) is 0 Å². The molecule has 0 atom stereocenters. The molecule has 0 saturated heterocycles. The first-order valence-corrected chi connectivity index (χ1v) is 5.73. The van der Waals surface area contributed by atoms with Crippen LogP contribution in [0.4, 0.5) is 5.69 Å². The van der Waals surface area contributed by atoms with Gasteiger partial charge >= 0.3 is 0 Å². The summed E-state index contributed by atoms with van der Waals surface area (Å²) in [5.41, 5.74) is 7.55. The van der Waals surface area contributed by atoms with E-state index in [9.17, 15) is 4.79 Å². The van der Waals surface area contributed by atoms with Crippen molar-refractivity contribution in [2.24, 2.45) is 0 Å². The molecule has 2 aromatic rings. The number of rotatable bonds is 3. The monoisotopic (exact) mass is 264 g/mol. The lowest BCUT2D eigenvalue weighted by molar-refractivity contribution is 0.0785. The summed E-state index contributed by atoms with van der Waals surface area (Å²) in [4.78, 5) is 13.7. The average molecular weight is 265 g/mol. The first kappa shape index (κ1) is 12.4. The number of carbonyl (C=O) groups is 1. The molecule has 0 unspecified atom stereocenters. The zero-order chi connectivity index (χ0) is 13.1. The Balaban J connectivity index is 2.15. The number of carbonyl (C=O) groups excluding carboxylic acids is 1. The van der Waals surface area contributed by atoms with Gasteiger partial charge in [-0.05, 0) is 18.2 Å². The summed E-state index contributed by atoms with van der Waals surface area (Å²) < 4.78 is 0. The summed E-state index contributed by atoms with van der Waals surface area (Å²) in [5, 5.41) is 6.99. The number of hydrogen-bond acceptors (Lipinski definition) is 3. The Kier molecular flexibility index (Phi) is 3.53. The Morgan fingerprint density at radius 1 is 1.50 bits per heavy atom. The maximum atomic E-state index is 12.2. The van der Waals surface area contributed by atoms with E-state index in [1.165, 1.54) is 0 Å². The van der Waals surface area contributed by atoms with Gasteiger partial charge in [-0.15, -0.1) is 0 Å². The van der Waals surface area contributed by atoms with Crippen molar-refractivity contribution >= 4 is 23.2 Å². The van der Waals surface area contributed by atoms with E-state index in [-0.39, 0.29) is 5.91 Å². The summed E-state index contributed by atoms with van der Waals surface area (Å²) in [6.45, 7) is 0.474. The largest absolute Gasteiger partial charge is 0.399 e. The van der Waals surface area contributed by atoms with E-state index in [0.29, 0.717) is 22.8 Å². The molecule has 6 heteroatoms. The van der Waals surface area contributed by atoms with Crippen LogP contribution in [0.15, 0.2) is 30.6 Å². The van der Waals surface area contributed by atoms with E-state index >= 15 is 0 Å². The van der Waals surface area contributed by atoms with E-state index in [4.69, 9.17) is 17.3 Å². The lowest BCUT2D eigenvalue weighted by Crippen LogP contribution is -2.26. The van der Waals surface area contributed by atoms with Gasteiger partial charge in [0.1, 0.15) is 0 Å². The normalized spacial score (nSPS) is 10.3. The predicted octanol–water partition coefficient (Wildman–Crippen LogP) is 1.92. The second kappa shape index (κ2) is 5.10. The summed E-state index contributed by atoms with van der Waals surface area (Å²) in [6, 6.07) is 4.82. The fourth-order valence-electron chi connectivity index (χ4n) is 1.67. The highest BCUT2D eigenvalue weighted by Gasteiger charge is 2.13. The van der Waals surface area contributed by atoms with Crippen LogP contribution in [0.25, 0.3) is 0 Å². The van der Waals surface area contributed by atoms with Gasteiger partial charge in [0.2, 0.25) is 0 Å². The molecule has 0 saturated carbocycles. The van der Waals surface area contributed by atoms with E-state index in [1.54, 1.807) is 42.5 Å². The zero-order valence-corrected chi connectivity index (χ0v) is 10.6. The lowest BCUT2D eigenvalue weighted by Gasteiger charge is -2.16. The molecule has 0 fully saturated rings. The molecule has 0 aliphatic rings. The highest BCUT2D eigenvalue weighted by molar-refractivity contribution is 6.31. The van der Waals surface area contributed by atoms with E-state index in [0.717, 1.165) is 5.56 Å². The third kappa shape index (κ3) is 2.81. The van der Waals surface area contributed by atoms with Crippen LogP contribution in [0.5, 0.6) is 0 Å². The third-order valence-corrected chi connectivity index (χ3v) is 2.71. The fourth-order valence-corrected chi connectivity index (χ4v) is 1.91. The summed E-state index contributed by atoms with van der Waals surface area (Å²) in [5.74, 6) is -0.134. The van der Waals surface area contributed by atoms with Crippen molar-refractivity contribution in [2.45, 2.75) is 6.54 Å². The van der Waals surface area contributed by atoms with E-state index in [2.05, 4.69) is 10.2 Å². The number of amides is 1. The number of anilines is 1. The molecule has 0 aliphatic heterocycles. The second-order valence-corrected chi connectivity index (χ2v) is 4.48. The lowest BCUT2D eigenvalue weighted by atomic mass is 10.1. The summed E-state index contributed by atoms with van der Waals surface area (Å²) in [7, 11) is 1.71. The number of hydrogen-bond donors (Lipinski definition) is 2. The minimum atomic E-state index is -0.134. The van der Waals surface area contributed by atoms with E-state index < -0.39 is 0 Å². The molecular formula is C12H13ClN4O. The van der Waals surface area contributed by atoms with Gasteiger partial charge in [-0.2, -0.15) is 5.10 Å². The molecule has 1 aromatic carbocycles. The molecule has 0 radical (unpaired) electrons. The number of nitrogen functional groups attached to an aromatic ring is 1. The molecule has 1 aromatic heterocycles. The van der Waals surface area contributed by atoms with Gasteiger partial charge in [-0.1, -0.05) is 11.6 Å². The number of benzene rings is 1. The first-order chi connectivity index (χ1) is 8.56. The van der Waals surface area contributed by atoms with Crippen LogP contribution < -0.4 is 5.73 Å². The molecular weight excluding hydrogens is 252 g/mol. The molecule has 0 bridgehead atoms. The van der Waals surface area contributed by atoms with Crippen molar-refractivity contribution in [3.05, 3.63) is 46.7 Å². The SMILES string of the molecule is CN(Cc1cn[nH]c1)C(=O)c1cc(N)cc(Cl)c1. The number of aromatic amines is 1. The molecule has 0 spiro atoms. The van der Waals surface area contributed by atoms with E-state index in [1.807, 2.05) is 0 Å². The van der Waals surface area contributed by atoms with Crippen LogP contribution >= 0.6 is 11.6 Å². The van der Waals surface area contributed by atoms with Gasteiger partial charge in [-0.3, -0.25) is 9.89 Å². The van der Waals surface area contributed by atoms with Crippen LogP contribution in [0.1, 0.15) is 15.9 Å². The molecule has 18 heavy (non-hydrogen) atoms.